The third kappa shape index (κ3) is 2.26. The maximum Gasteiger partial charge on any atom is 0.299 e. The number of para-hydroxylation sites is 1. The van der Waals surface area contributed by atoms with Crippen molar-refractivity contribution < 1.29 is 4.79 Å². The summed E-state index contributed by atoms with van der Waals surface area (Å²) in [6.45, 7) is 3.80. The second-order valence-corrected chi connectivity index (χ2v) is 4.87. The molecule has 0 atom stereocenters. The second kappa shape index (κ2) is 5.14. The molecule has 1 fully saturated rings. The molecule has 6 nitrogen and oxygen atoms in total. The van der Waals surface area contributed by atoms with Gasteiger partial charge in [-0.1, -0.05) is 24.8 Å². The minimum absolute atomic E-state index is 0.240. The number of hydrazone groups is 1. The molecule has 20 heavy (non-hydrogen) atoms. The third-order valence-corrected chi connectivity index (χ3v) is 3.33. The van der Waals surface area contributed by atoms with Gasteiger partial charge in [0.05, 0.1) is 11.4 Å². The quantitative estimate of drug-likeness (QED) is 0.846. The van der Waals surface area contributed by atoms with Gasteiger partial charge in [-0.2, -0.15) is 5.10 Å². The summed E-state index contributed by atoms with van der Waals surface area (Å²) < 4.78 is 0. The van der Waals surface area contributed by atoms with Gasteiger partial charge in [-0.3, -0.25) is 15.6 Å². The fourth-order valence-electron chi connectivity index (χ4n) is 1.73. The van der Waals surface area contributed by atoms with Gasteiger partial charge >= 0.3 is 0 Å². The zero-order valence-corrected chi connectivity index (χ0v) is 11.2. The van der Waals surface area contributed by atoms with Crippen molar-refractivity contribution in [1.29, 1.82) is 0 Å². The predicted molar refractivity (Wildman–Crippen MR) is 79.4 cm³/mol. The van der Waals surface area contributed by atoms with Crippen LogP contribution in [0.1, 0.15) is 0 Å². The molecule has 0 aliphatic carbocycles. The number of nitrogens with zero attached hydrogens (tertiary/aromatic N) is 3. The molecule has 1 aliphatic heterocycles. The maximum absolute atomic E-state index is 12.3. The van der Waals surface area contributed by atoms with Gasteiger partial charge in [0, 0.05) is 11.6 Å². The van der Waals surface area contributed by atoms with Gasteiger partial charge in [0.2, 0.25) is 5.13 Å². The van der Waals surface area contributed by atoms with E-state index in [1.54, 1.807) is 6.20 Å². The molecule has 100 valence electrons. The number of hydrazine groups is 1. The monoisotopic (exact) mass is 285 g/mol. The number of rotatable bonds is 3. The smallest absolute Gasteiger partial charge is 0.289 e. The first kappa shape index (κ1) is 12.4. The van der Waals surface area contributed by atoms with Crippen molar-refractivity contribution >= 4 is 33.8 Å². The van der Waals surface area contributed by atoms with Crippen LogP contribution in [0.3, 0.4) is 0 Å². The number of carbonyl (C=O) groups excluding carboxylic acids is 1. The number of amides is 1. The number of thiazole rings is 1. The van der Waals surface area contributed by atoms with Crippen LogP contribution < -0.4 is 15.9 Å². The summed E-state index contributed by atoms with van der Waals surface area (Å²) in [5, 5.41) is 7.92. The number of carbonyl (C=O) groups is 1. The molecule has 2 aromatic rings. The van der Waals surface area contributed by atoms with Crippen molar-refractivity contribution in [2.75, 3.05) is 10.4 Å². The molecule has 7 heteroatoms. The lowest BCUT2D eigenvalue weighted by Crippen LogP contribution is -2.34. The maximum atomic E-state index is 12.3. The first-order valence-corrected chi connectivity index (χ1v) is 6.72. The molecule has 1 saturated heterocycles. The molecule has 1 aromatic carbocycles. The lowest BCUT2D eigenvalue weighted by atomic mass is 10.3. The highest BCUT2D eigenvalue weighted by Gasteiger charge is 2.32. The minimum atomic E-state index is -0.259. The summed E-state index contributed by atoms with van der Waals surface area (Å²) in [5.41, 5.74) is 7.07. The van der Waals surface area contributed by atoms with Gasteiger partial charge in [-0.15, -0.1) is 11.3 Å². The molecule has 2 N–H and O–H groups in total. The lowest BCUT2D eigenvalue weighted by Gasteiger charge is -2.14. The van der Waals surface area contributed by atoms with E-state index < -0.39 is 0 Å². The second-order valence-electron chi connectivity index (χ2n) is 3.98. The van der Waals surface area contributed by atoms with E-state index in [0.29, 0.717) is 10.8 Å². The number of hydrogen-bond donors (Lipinski definition) is 2. The van der Waals surface area contributed by atoms with Gasteiger partial charge in [-0.05, 0) is 12.1 Å². The van der Waals surface area contributed by atoms with Crippen LogP contribution in [0.15, 0.2) is 59.3 Å². The largest absolute Gasteiger partial charge is 0.299 e. The summed E-state index contributed by atoms with van der Waals surface area (Å²) in [6.07, 6.45) is 1.66. The SMILES string of the molecule is C=C1NN(c2ccccc2)C(=O)C1=NNc1nccs1. The van der Waals surface area contributed by atoms with Crippen LogP contribution in [0, 0.1) is 0 Å². The van der Waals surface area contributed by atoms with Gasteiger partial charge in [0.15, 0.2) is 5.71 Å². The Balaban J connectivity index is 1.82. The normalized spacial score (nSPS) is 16.6. The van der Waals surface area contributed by atoms with E-state index in [4.69, 9.17) is 0 Å². The highest BCUT2D eigenvalue weighted by atomic mass is 32.1. The third-order valence-electron chi connectivity index (χ3n) is 2.65. The lowest BCUT2D eigenvalue weighted by molar-refractivity contribution is -0.112. The van der Waals surface area contributed by atoms with Gasteiger partial charge in [0.25, 0.3) is 5.91 Å². The number of nitrogens with one attached hydrogen (secondary N) is 2. The van der Waals surface area contributed by atoms with Crippen molar-refractivity contribution in [2.45, 2.75) is 0 Å². The molecule has 0 unspecified atom stereocenters. The van der Waals surface area contributed by atoms with Crippen LogP contribution in [0.5, 0.6) is 0 Å². The number of aromatic nitrogens is 1. The van der Waals surface area contributed by atoms with Gasteiger partial charge in [-0.25, -0.2) is 9.99 Å². The van der Waals surface area contributed by atoms with E-state index in [1.807, 2.05) is 35.7 Å². The fraction of sp³-hybridized carbons (Fsp3) is 0. The topological polar surface area (TPSA) is 69.6 Å². The Morgan fingerprint density at radius 3 is 2.85 bits per heavy atom. The minimum Gasteiger partial charge on any atom is -0.289 e. The summed E-state index contributed by atoms with van der Waals surface area (Å²) in [5.74, 6) is -0.259. The standard InChI is InChI=1S/C13H11N5OS/c1-9-11(15-16-13-14-7-8-20-13)12(19)18(17-9)10-5-3-2-4-6-10/h2-8,17H,1H2,(H,14,16). The summed E-state index contributed by atoms with van der Waals surface area (Å²) in [6, 6.07) is 9.26. The molecular formula is C13H11N5OS. The summed E-state index contributed by atoms with van der Waals surface area (Å²) in [7, 11) is 0. The average Bonchev–Trinajstić information content (AvgIpc) is 3.07. The van der Waals surface area contributed by atoms with E-state index >= 15 is 0 Å². The Morgan fingerprint density at radius 2 is 2.15 bits per heavy atom. The van der Waals surface area contributed by atoms with E-state index in [-0.39, 0.29) is 11.6 Å². The summed E-state index contributed by atoms with van der Waals surface area (Å²) in [4.78, 5) is 16.3. The molecule has 0 saturated carbocycles. The van der Waals surface area contributed by atoms with Crippen molar-refractivity contribution in [3.8, 4) is 0 Å². The zero-order valence-electron chi connectivity index (χ0n) is 10.4. The molecule has 0 spiro atoms. The van der Waals surface area contributed by atoms with Crippen molar-refractivity contribution in [2.24, 2.45) is 5.10 Å². The van der Waals surface area contributed by atoms with Crippen LogP contribution in [-0.4, -0.2) is 16.6 Å². The van der Waals surface area contributed by atoms with Crippen molar-refractivity contribution in [3.05, 3.63) is 54.2 Å². The Hall–Kier alpha value is -2.67. The Labute approximate surface area is 119 Å². The van der Waals surface area contributed by atoms with E-state index in [2.05, 4.69) is 27.5 Å². The molecule has 3 rings (SSSR count). The molecule has 0 radical (unpaired) electrons. The Bertz CT molecular complexity index is 665. The van der Waals surface area contributed by atoms with Crippen LogP contribution in [-0.2, 0) is 4.79 Å². The van der Waals surface area contributed by atoms with Crippen LogP contribution in [0.2, 0.25) is 0 Å². The number of benzene rings is 1. The molecule has 2 heterocycles. The summed E-state index contributed by atoms with van der Waals surface area (Å²) >= 11 is 1.40. The fourth-order valence-corrected chi connectivity index (χ4v) is 2.20. The van der Waals surface area contributed by atoms with Crippen molar-refractivity contribution in [3.63, 3.8) is 0 Å². The van der Waals surface area contributed by atoms with E-state index in [0.717, 1.165) is 5.69 Å². The Kier molecular flexibility index (Phi) is 3.18. The van der Waals surface area contributed by atoms with Gasteiger partial charge < -0.3 is 0 Å². The zero-order chi connectivity index (χ0) is 13.9. The molecule has 1 aromatic heterocycles. The first-order valence-electron chi connectivity index (χ1n) is 5.84. The predicted octanol–water partition coefficient (Wildman–Crippen LogP) is 1.98. The van der Waals surface area contributed by atoms with E-state index in [1.165, 1.54) is 16.3 Å². The highest BCUT2D eigenvalue weighted by Crippen LogP contribution is 2.18. The molecular weight excluding hydrogens is 274 g/mol. The number of anilines is 2. The molecule has 1 amide bonds. The van der Waals surface area contributed by atoms with Crippen LogP contribution in [0.25, 0.3) is 0 Å². The highest BCUT2D eigenvalue weighted by molar-refractivity contribution is 7.13. The van der Waals surface area contributed by atoms with Crippen LogP contribution in [0.4, 0.5) is 10.8 Å². The Morgan fingerprint density at radius 1 is 1.35 bits per heavy atom. The average molecular weight is 285 g/mol. The molecule has 1 aliphatic rings. The molecule has 0 bridgehead atoms. The van der Waals surface area contributed by atoms with Crippen LogP contribution >= 0.6 is 11.3 Å². The van der Waals surface area contributed by atoms with Gasteiger partial charge in [0.1, 0.15) is 0 Å². The van der Waals surface area contributed by atoms with Crippen molar-refractivity contribution in [1.82, 2.24) is 10.4 Å². The number of hydrogen-bond acceptors (Lipinski definition) is 6. The van der Waals surface area contributed by atoms with E-state index in [9.17, 15) is 4.79 Å². The first-order chi connectivity index (χ1) is 9.75.